The van der Waals surface area contributed by atoms with Gasteiger partial charge in [0, 0.05) is 12.1 Å². The third kappa shape index (κ3) is 2.55. The summed E-state index contributed by atoms with van der Waals surface area (Å²) >= 11 is 0. The van der Waals surface area contributed by atoms with Crippen molar-refractivity contribution >= 4 is 5.91 Å². The van der Waals surface area contributed by atoms with Gasteiger partial charge in [0.1, 0.15) is 0 Å². The van der Waals surface area contributed by atoms with Gasteiger partial charge in [-0.3, -0.25) is 9.78 Å². The third-order valence-corrected chi connectivity index (χ3v) is 3.89. The molecule has 2 rings (SSSR count). The van der Waals surface area contributed by atoms with Crippen LogP contribution in [0.25, 0.3) is 0 Å². The number of carbonyl (C=O) groups is 1. The molecule has 1 aliphatic rings. The summed E-state index contributed by atoms with van der Waals surface area (Å²) in [5, 5.41) is 3.23. The normalized spacial score (nSPS) is 18.8. The van der Waals surface area contributed by atoms with E-state index < -0.39 is 0 Å². The predicted octanol–water partition coefficient (Wildman–Crippen LogP) is 3.01. The SMILES string of the molecule is CCCC(C)C(=O)NC1(c2ccccn2)CCC1. The van der Waals surface area contributed by atoms with Crippen LogP contribution in [0.2, 0.25) is 0 Å². The average Bonchev–Trinajstić information content (AvgIpc) is 2.35. The lowest BCUT2D eigenvalue weighted by molar-refractivity contribution is -0.128. The second kappa shape index (κ2) is 5.51. The van der Waals surface area contributed by atoms with Crippen LogP contribution >= 0.6 is 0 Å². The van der Waals surface area contributed by atoms with E-state index in [1.54, 1.807) is 6.20 Å². The van der Waals surface area contributed by atoms with Crippen molar-refractivity contribution in [3.63, 3.8) is 0 Å². The molecule has 0 aromatic carbocycles. The van der Waals surface area contributed by atoms with Gasteiger partial charge in [0.15, 0.2) is 0 Å². The number of pyridine rings is 1. The van der Waals surface area contributed by atoms with E-state index in [0.29, 0.717) is 0 Å². The molecule has 1 aromatic rings. The maximum absolute atomic E-state index is 12.2. The molecule has 1 amide bonds. The van der Waals surface area contributed by atoms with E-state index in [4.69, 9.17) is 0 Å². The summed E-state index contributed by atoms with van der Waals surface area (Å²) < 4.78 is 0. The Bertz CT molecular complexity index is 398. The minimum atomic E-state index is -0.194. The predicted molar refractivity (Wildman–Crippen MR) is 72.0 cm³/mol. The number of nitrogens with zero attached hydrogens (tertiary/aromatic N) is 1. The summed E-state index contributed by atoms with van der Waals surface area (Å²) in [6.07, 6.45) is 6.98. The largest absolute Gasteiger partial charge is 0.345 e. The monoisotopic (exact) mass is 246 g/mol. The molecular weight excluding hydrogens is 224 g/mol. The molecule has 0 spiro atoms. The molecule has 0 radical (unpaired) electrons. The van der Waals surface area contributed by atoms with Crippen LogP contribution in [0.15, 0.2) is 24.4 Å². The van der Waals surface area contributed by atoms with Gasteiger partial charge in [-0.1, -0.05) is 26.3 Å². The van der Waals surface area contributed by atoms with Crippen LogP contribution in [-0.4, -0.2) is 10.9 Å². The van der Waals surface area contributed by atoms with Gasteiger partial charge in [0.25, 0.3) is 0 Å². The molecule has 1 N–H and O–H groups in total. The van der Waals surface area contributed by atoms with Gasteiger partial charge in [0.2, 0.25) is 5.91 Å². The summed E-state index contributed by atoms with van der Waals surface area (Å²) in [6, 6.07) is 5.92. The van der Waals surface area contributed by atoms with Crippen molar-refractivity contribution in [2.45, 2.75) is 51.5 Å². The summed E-state index contributed by atoms with van der Waals surface area (Å²) in [4.78, 5) is 16.6. The van der Waals surface area contributed by atoms with E-state index in [1.807, 2.05) is 25.1 Å². The number of amides is 1. The van der Waals surface area contributed by atoms with Gasteiger partial charge in [0.05, 0.1) is 11.2 Å². The first-order valence-electron chi connectivity index (χ1n) is 6.91. The first kappa shape index (κ1) is 13.1. The van der Waals surface area contributed by atoms with Crippen LogP contribution < -0.4 is 5.32 Å². The lowest BCUT2D eigenvalue weighted by Gasteiger charge is -2.42. The minimum Gasteiger partial charge on any atom is -0.345 e. The molecule has 1 saturated carbocycles. The highest BCUT2D eigenvalue weighted by Gasteiger charge is 2.41. The molecule has 1 unspecified atom stereocenters. The highest BCUT2D eigenvalue weighted by molar-refractivity contribution is 5.79. The fourth-order valence-corrected chi connectivity index (χ4v) is 2.54. The zero-order chi connectivity index (χ0) is 13.0. The van der Waals surface area contributed by atoms with Gasteiger partial charge in [-0.2, -0.15) is 0 Å². The molecule has 0 bridgehead atoms. The molecule has 3 nitrogen and oxygen atoms in total. The van der Waals surface area contributed by atoms with Gasteiger partial charge < -0.3 is 5.32 Å². The van der Waals surface area contributed by atoms with Crippen molar-refractivity contribution in [2.24, 2.45) is 5.92 Å². The second-order valence-corrected chi connectivity index (χ2v) is 5.33. The van der Waals surface area contributed by atoms with Gasteiger partial charge in [-0.05, 0) is 37.8 Å². The molecule has 0 aliphatic heterocycles. The zero-order valence-electron chi connectivity index (χ0n) is 11.3. The lowest BCUT2D eigenvalue weighted by Crippen LogP contribution is -2.52. The van der Waals surface area contributed by atoms with Crippen molar-refractivity contribution in [2.75, 3.05) is 0 Å². The standard InChI is InChI=1S/C15H22N2O/c1-3-7-12(2)14(18)17-15(9-6-10-15)13-8-4-5-11-16-13/h4-5,8,11-12H,3,6-7,9-10H2,1-2H3,(H,17,18). The number of aromatic nitrogens is 1. The average molecular weight is 246 g/mol. The Labute approximate surface area is 109 Å². The van der Waals surface area contributed by atoms with Crippen molar-refractivity contribution < 1.29 is 4.79 Å². The van der Waals surface area contributed by atoms with Crippen molar-refractivity contribution in [3.8, 4) is 0 Å². The molecule has 3 heteroatoms. The number of carbonyl (C=O) groups excluding carboxylic acids is 1. The van der Waals surface area contributed by atoms with Crippen LogP contribution in [-0.2, 0) is 10.3 Å². The summed E-state index contributed by atoms with van der Waals surface area (Å²) in [6.45, 7) is 4.12. The number of hydrogen-bond donors (Lipinski definition) is 1. The van der Waals surface area contributed by atoms with Gasteiger partial charge in [-0.25, -0.2) is 0 Å². The Morgan fingerprint density at radius 3 is 2.78 bits per heavy atom. The first-order chi connectivity index (χ1) is 8.68. The summed E-state index contributed by atoms with van der Waals surface area (Å²) in [7, 11) is 0. The van der Waals surface area contributed by atoms with E-state index in [-0.39, 0.29) is 17.4 Å². The summed E-state index contributed by atoms with van der Waals surface area (Å²) in [5.74, 6) is 0.262. The molecule has 0 saturated heterocycles. The fourth-order valence-electron chi connectivity index (χ4n) is 2.54. The van der Waals surface area contributed by atoms with E-state index in [2.05, 4.69) is 17.2 Å². The maximum atomic E-state index is 12.2. The van der Waals surface area contributed by atoms with Crippen molar-refractivity contribution in [1.29, 1.82) is 0 Å². The molecule has 98 valence electrons. The molecule has 1 aromatic heterocycles. The number of rotatable bonds is 5. The maximum Gasteiger partial charge on any atom is 0.223 e. The molecule has 1 fully saturated rings. The van der Waals surface area contributed by atoms with Gasteiger partial charge in [-0.15, -0.1) is 0 Å². The first-order valence-corrected chi connectivity index (χ1v) is 6.91. The van der Waals surface area contributed by atoms with Crippen LogP contribution in [0.1, 0.15) is 51.6 Å². The van der Waals surface area contributed by atoms with Crippen LogP contribution in [0.4, 0.5) is 0 Å². The van der Waals surface area contributed by atoms with E-state index in [9.17, 15) is 4.79 Å². The Kier molecular flexibility index (Phi) is 4.00. The Morgan fingerprint density at radius 1 is 1.50 bits per heavy atom. The second-order valence-electron chi connectivity index (χ2n) is 5.33. The molecule has 1 heterocycles. The van der Waals surface area contributed by atoms with E-state index >= 15 is 0 Å². The molecule has 1 atom stereocenters. The van der Waals surface area contributed by atoms with Crippen molar-refractivity contribution in [3.05, 3.63) is 30.1 Å². The number of hydrogen-bond acceptors (Lipinski definition) is 2. The van der Waals surface area contributed by atoms with Crippen LogP contribution in [0.3, 0.4) is 0 Å². The lowest BCUT2D eigenvalue weighted by atomic mass is 9.73. The topological polar surface area (TPSA) is 42.0 Å². The van der Waals surface area contributed by atoms with Gasteiger partial charge >= 0.3 is 0 Å². The highest BCUT2D eigenvalue weighted by Crippen LogP contribution is 2.40. The highest BCUT2D eigenvalue weighted by atomic mass is 16.2. The summed E-state index contributed by atoms with van der Waals surface area (Å²) in [5.41, 5.74) is 0.814. The Balaban J connectivity index is 2.08. The van der Waals surface area contributed by atoms with Crippen molar-refractivity contribution in [1.82, 2.24) is 10.3 Å². The third-order valence-electron chi connectivity index (χ3n) is 3.89. The zero-order valence-corrected chi connectivity index (χ0v) is 11.3. The Hall–Kier alpha value is -1.38. The van der Waals surface area contributed by atoms with Crippen LogP contribution in [0, 0.1) is 5.92 Å². The smallest absolute Gasteiger partial charge is 0.223 e. The molecule has 18 heavy (non-hydrogen) atoms. The molecular formula is C15H22N2O. The minimum absolute atomic E-state index is 0.0937. The fraction of sp³-hybridized carbons (Fsp3) is 0.600. The van der Waals surface area contributed by atoms with E-state index in [0.717, 1.165) is 31.4 Å². The quantitative estimate of drug-likeness (QED) is 0.867. The van der Waals surface area contributed by atoms with E-state index in [1.165, 1.54) is 6.42 Å². The number of nitrogens with one attached hydrogen (secondary N) is 1. The molecule has 1 aliphatic carbocycles. The Morgan fingerprint density at radius 2 is 2.28 bits per heavy atom. The van der Waals surface area contributed by atoms with Crippen LogP contribution in [0.5, 0.6) is 0 Å².